The molecular formula is C17H18N2O3. The van der Waals surface area contributed by atoms with Crippen LogP contribution in [0.25, 0.3) is 21.8 Å². The van der Waals surface area contributed by atoms with Crippen molar-refractivity contribution in [1.82, 2.24) is 9.97 Å². The molecule has 3 aromatic rings. The van der Waals surface area contributed by atoms with Crippen LogP contribution in [0.4, 0.5) is 0 Å². The Morgan fingerprint density at radius 2 is 2.18 bits per heavy atom. The van der Waals surface area contributed by atoms with Gasteiger partial charge in [-0.05, 0) is 44.0 Å². The van der Waals surface area contributed by atoms with Gasteiger partial charge in [0.05, 0.1) is 17.8 Å². The van der Waals surface area contributed by atoms with Crippen LogP contribution in [0, 0.1) is 6.92 Å². The number of aromatic nitrogens is 2. The number of hydrogen-bond donors (Lipinski definition) is 2. The Hall–Kier alpha value is -2.40. The number of carbonyl (C=O) groups is 1. The summed E-state index contributed by atoms with van der Waals surface area (Å²) in [5.74, 6) is -1.01. The van der Waals surface area contributed by atoms with Gasteiger partial charge in [0.15, 0.2) is 5.69 Å². The summed E-state index contributed by atoms with van der Waals surface area (Å²) >= 11 is 0. The SMILES string of the molecule is CCOC(C)c1ccc2[nH]c3cnc(C(=O)O)c(C)c3c2c1. The quantitative estimate of drug-likeness (QED) is 0.767. The van der Waals surface area contributed by atoms with Crippen LogP contribution in [0.1, 0.15) is 41.6 Å². The normalized spacial score (nSPS) is 12.9. The van der Waals surface area contributed by atoms with Crippen molar-refractivity contribution in [3.8, 4) is 0 Å². The molecule has 2 aromatic heterocycles. The lowest BCUT2D eigenvalue weighted by atomic mass is 10.0. The number of aromatic carboxylic acids is 1. The fraction of sp³-hybridized carbons (Fsp3) is 0.294. The van der Waals surface area contributed by atoms with Crippen molar-refractivity contribution in [3.05, 3.63) is 41.2 Å². The van der Waals surface area contributed by atoms with Gasteiger partial charge in [-0.3, -0.25) is 0 Å². The summed E-state index contributed by atoms with van der Waals surface area (Å²) in [5.41, 5.74) is 3.66. The highest BCUT2D eigenvalue weighted by Crippen LogP contribution is 2.31. The van der Waals surface area contributed by atoms with Crippen molar-refractivity contribution in [2.24, 2.45) is 0 Å². The van der Waals surface area contributed by atoms with E-state index in [-0.39, 0.29) is 11.8 Å². The van der Waals surface area contributed by atoms with Crippen molar-refractivity contribution in [2.45, 2.75) is 26.9 Å². The Bertz CT molecular complexity index is 867. The number of aryl methyl sites for hydroxylation is 1. The van der Waals surface area contributed by atoms with Crippen LogP contribution >= 0.6 is 0 Å². The first kappa shape index (κ1) is 14.5. The number of nitrogens with one attached hydrogen (secondary N) is 1. The number of benzene rings is 1. The van der Waals surface area contributed by atoms with E-state index in [1.54, 1.807) is 13.1 Å². The van der Waals surface area contributed by atoms with E-state index < -0.39 is 5.97 Å². The molecular weight excluding hydrogens is 280 g/mol. The first-order chi connectivity index (χ1) is 10.5. The molecule has 2 heterocycles. The lowest BCUT2D eigenvalue weighted by Gasteiger charge is -2.12. The van der Waals surface area contributed by atoms with Gasteiger partial charge in [-0.1, -0.05) is 6.07 Å². The van der Waals surface area contributed by atoms with E-state index in [1.807, 2.05) is 26.0 Å². The van der Waals surface area contributed by atoms with Crippen molar-refractivity contribution in [3.63, 3.8) is 0 Å². The molecule has 0 aliphatic heterocycles. The van der Waals surface area contributed by atoms with Crippen molar-refractivity contribution < 1.29 is 14.6 Å². The zero-order valence-electron chi connectivity index (χ0n) is 12.8. The average Bonchev–Trinajstić information content (AvgIpc) is 2.85. The third kappa shape index (κ3) is 2.23. The molecule has 5 nitrogen and oxygen atoms in total. The number of carboxylic acid groups (broad SMARTS) is 1. The highest BCUT2D eigenvalue weighted by atomic mass is 16.5. The molecule has 0 radical (unpaired) electrons. The third-order valence-electron chi connectivity index (χ3n) is 3.99. The summed E-state index contributed by atoms with van der Waals surface area (Å²) in [6.07, 6.45) is 1.58. The molecule has 22 heavy (non-hydrogen) atoms. The topological polar surface area (TPSA) is 75.2 Å². The molecule has 0 amide bonds. The van der Waals surface area contributed by atoms with Crippen molar-refractivity contribution >= 4 is 27.8 Å². The van der Waals surface area contributed by atoms with Crippen LogP contribution in [-0.2, 0) is 4.74 Å². The third-order valence-corrected chi connectivity index (χ3v) is 3.99. The largest absolute Gasteiger partial charge is 0.477 e. The van der Waals surface area contributed by atoms with E-state index in [2.05, 4.69) is 16.0 Å². The van der Waals surface area contributed by atoms with Gasteiger partial charge in [0.1, 0.15) is 0 Å². The van der Waals surface area contributed by atoms with Crippen LogP contribution in [-0.4, -0.2) is 27.7 Å². The minimum absolute atomic E-state index is 0.000405. The predicted octanol–water partition coefficient (Wildman–Crippen LogP) is 3.82. The first-order valence-electron chi connectivity index (χ1n) is 7.28. The van der Waals surface area contributed by atoms with Crippen LogP contribution in [0.5, 0.6) is 0 Å². The van der Waals surface area contributed by atoms with Crippen molar-refractivity contribution in [2.75, 3.05) is 6.61 Å². The van der Waals surface area contributed by atoms with Crippen molar-refractivity contribution in [1.29, 1.82) is 0 Å². The van der Waals surface area contributed by atoms with Gasteiger partial charge in [0, 0.05) is 22.9 Å². The number of pyridine rings is 1. The molecule has 1 atom stereocenters. The molecule has 0 aliphatic carbocycles. The Labute approximate surface area is 127 Å². The molecule has 0 aliphatic rings. The van der Waals surface area contributed by atoms with Gasteiger partial charge >= 0.3 is 5.97 Å². The number of H-pyrrole nitrogens is 1. The van der Waals surface area contributed by atoms with E-state index in [4.69, 9.17) is 4.74 Å². The van der Waals surface area contributed by atoms with Gasteiger partial charge < -0.3 is 14.8 Å². The minimum atomic E-state index is -1.01. The van der Waals surface area contributed by atoms with Gasteiger partial charge in [0.2, 0.25) is 0 Å². The number of hydrogen-bond acceptors (Lipinski definition) is 3. The summed E-state index contributed by atoms with van der Waals surface area (Å²) in [4.78, 5) is 18.6. The van der Waals surface area contributed by atoms with Crippen LogP contribution in [0.15, 0.2) is 24.4 Å². The predicted molar refractivity (Wildman–Crippen MR) is 85.3 cm³/mol. The monoisotopic (exact) mass is 298 g/mol. The van der Waals surface area contributed by atoms with Gasteiger partial charge in [0.25, 0.3) is 0 Å². The fourth-order valence-corrected chi connectivity index (χ4v) is 2.89. The zero-order valence-corrected chi connectivity index (χ0v) is 12.8. The van der Waals surface area contributed by atoms with Crippen LogP contribution < -0.4 is 0 Å². The lowest BCUT2D eigenvalue weighted by Crippen LogP contribution is -2.03. The molecule has 1 aromatic carbocycles. The molecule has 5 heteroatoms. The molecule has 0 spiro atoms. The highest BCUT2D eigenvalue weighted by Gasteiger charge is 2.16. The van der Waals surface area contributed by atoms with E-state index in [0.29, 0.717) is 12.2 Å². The zero-order chi connectivity index (χ0) is 15.9. The number of ether oxygens (including phenoxy) is 1. The molecule has 0 fully saturated rings. The van der Waals surface area contributed by atoms with Gasteiger partial charge in [-0.15, -0.1) is 0 Å². The van der Waals surface area contributed by atoms with E-state index in [1.165, 1.54) is 0 Å². The molecule has 0 saturated carbocycles. The molecule has 0 bridgehead atoms. The summed E-state index contributed by atoms with van der Waals surface area (Å²) in [6.45, 7) is 6.43. The van der Waals surface area contributed by atoms with Gasteiger partial charge in [-0.2, -0.15) is 0 Å². The second-order valence-corrected chi connectivity index (χ2v) is 5.35. The van der Waals surface area contributed by atoms with E-state index >= 15 is 0 Å². The van der Waals surface area contributed by atoms with Gasteiger partial charge in [-0.25, -0.2) is 9.78 Å². The standard InChI is InChI=1S/C17H18N2O3/c1-4-22-10(3)11-5-6-13-12(7-11)15-9(2)16(17(20)21)18-8-14(15)19-13/h5-8,10,19H,4H2,1-3H3,(H,20,21). The summed E-state index contributed by atoms with van der Waals surface area (Å²) in [5, 5.41) is 11.2. The number of carboxylic acids is 1. The molecule has 1 unspecified atom stereocenters. The summed E-state index contributed by atoms with van der Waals surface area (Å²) < 4.78 is 5.64. The summed E-state index contributed by atoms with van der Waals surface area (Å²) in [7, 11) is 0. The molecule has 2 N–H and O–H groups in total. The van der Waals surface area contributed by atoms with Crippen LogP contribution in [0.3, 0.4) is 0 Å². The number of aromatic amines is 1. The fourth-order valence-electron chi connectivity index (χ4n) is 2.89. The lowest BCUT2D eigenvalue weighted by molar-refractivity contribution is 0.0689. The highest BCUT2D eigenvalue weighted by molar-refractivity contribution is 6.10. The first-order valence-corrected chi connectivity index (χ1v) is 7.28. The van der Waals surface area contributed by atoms with E-state index in [9.17, 15) is 9.90 Å². The Balaban J connectivity index is 2.27. The maximum absolute atomic E-state index is 11.3. The maximum Gasteiger partial charge on any atom is 0.354 e. The number of fused-ring (bicyclic) bond motifs is 3. The smallest absolute Gasteiger partial charge is 0.354 e. The molecule has 0 saturated heterocycles. The second-order valence-electron chi connectivity index (χ2n) is 5.35. The Kier molecular flexibility index (Phi) is 3.58. The summed E-state index contributed by atoms with van der Waals surface area (Å²) in [6, 6.07) is 6.09. The number of nitrogens with zero attached hydrogens (tertiary/aromatic N) is 1. The Morgan fingerprint density at radius 1 is 1.41 bits per heavy atom. The second kappa shape index (κ2) is 5.42. The molecule has 3 rings (SSSR count). The van der Waals surface area contributed by atoms with Crippen LogP contribution in [0.2, 0.25) is 0 Å². The minimum Gasteiger partial charge on any atom is -0.477 e. The average molecular weight is 298 g/mol. The maximum atomic E-state index is 11.3. The Morgan fingerprint density at radius 3 is 2.86 bits per heavy atom. The number of rotatable bonds is 4. The molecule has 114 valence electrons. The van der Waals surface area contributed by atoms with E-state index in [0.717, 1.165) is 27.4 Å².